The van der Waals surface area contributed by atoms with E-state index in [0.717, 1.165) is 11.3 Å². The number of para-hydroxylation sites is 1. The van der Waals surface area contributed by atoms with E-state index in [1.165, 1.54) is 12.1 Å². The summed E-state index contributed by atoms with van der Waals surface area (Å²) >= 11 is 3.28. The molecular formula is C15H15BrFN3O. The van der Waals surface area contributed by atoms with E-state index in [-0.39, 0.29) is 11.7 Å². The van der Waals surface area contributed by atoms with Crippen molar-refractivity contribution in [1.29, 1.82) is 0 Å². The van der Waals surface area contributed by atoms with Crippen LogP contribution in [-0.4, -0.2) is 18.1 Å². The smallest absolute Gasteiger partial charge is 0.172 e. The van der Waals surface area contributed by atoms with Gasteiger partial charge in [0.2, 0.25) is 0 Å². The fourth-order valence-corrected chi connectivity index (χ4v) is 2.65. The summed E-state index contributed by atoms with van der Waals surface area (Å²) in [7, 11) is 1.86. The number of halogens is 2. The first-order valence-corrected chi connectivity index (χ1v) is 7.03. The molecule has 0 fully saturated rings. The lowest BCUT2D eigenvalue weighted by molar-refractivity contribution is 0.318. The van der Waals surface area contributed by atoms with Crippen molar-refractivity contribution in [2.24, 2.45) is 10.9 Å². The van der Waals surface area contributed by atoms with Crippen molar-refractivity contribution >= 4 is 27.5 Å². The van der Waals surface area contributed by atoms with Crippen molar-refractivity contribution in [2.75, 3.05) is 11.9 Å². The number of nitrogens with zero attached hydrogens (tertiary/aromatic N) is 2. The topological polar surface area (TPSA) is 61.8 Å². The molecule has 2 rings (SSSR count). The maximum Gasteiger partial charge on any atom is 0.172 e. The van der Waals surface area contributed by atoms with Crippen molar-refractivity contribution in [2.45, 2.75) is 6.54 Å². The first-order chi connectivity index (χ1) is 10.0. The predicted molar refractivity (Wildman–Crippen MR) is 85.2 cm³/mol. The molecule has 0 amide bonds. The van der Waals surface area contributed by atoms with Gasteiger partial charge in [-0.1, -0.05) is 33.2 Å². The molecule has 0 aromatic heterocycles. The molecule has 6 heteroatoms. The Balaban J connectivity index is 2.30. The SMILES string of the molecule is CN(Cc1cc(F)cc(Br)c1)c1ccccc1/C(N)=N/O. The average molecular weight is 352 g/mol. The van der Waals surface area contributed by atoms with Crippen LogP contribution in [0, 0.1) is 5.82 Å². The van der Waals surface area contributed by atoms with Gasteiger partial charge in [0.25, 0.3) is 0 Å². The maximum atomic E-state index is 13.4. The van der Waals surface area contributed by atoms with E-state index in [4.69, 9.17) is 10.9 Å². The van der Waals surface area contributed by atoms with Crippen molar-refractivity contribution in [1.82, 2.24) is 0 Å². The van der Waals surface area contributed by atoms with Gasteiger partial charge in [0, 0.05) is 29.3 Å². The molecule has 0 aliphatic rings. The molecule has 0 aliphatic carbocycles. The van der Waals surface area contributed by atoms with Crippen LogP contribution in [0.25, 0.3) is 0 Å². The third-order valence-corrected chi connectivity index (χ3v) is 3.50. The Labute approximate surface area is 130 Å². The Morgan fingerprint density at radius 2 is 2.05 bits per heavy atom. The highest BCUT2D eigenvalue weighted by molar-refractivity contribution is 9.10. The maximum absolute atomic E-state index is 13.4. The summed E-state index contributed by atoms with van der Waals surface area (Å²) in [5, 5.41) is 11.9. The molecule has 0 saturated heterocycles. The predicted octanol–water partition coefficient (Wildman–Crippen LogP) is 3.32. The minimum atomic E-state index is -0.294. The zero-order chi connectivity index (χ0) is 15.4. The van der Waals surface area contributed by atoms with Gasteiger partial charge < -0.3 is 15.8 Å². The largest absolute Gasteiger partial charge is 0.409 e. The number of amidine groups is 1. The van der Waals surface area contributed by atoms with E-state index in [0.29, 0.717) is 16.6 Å². The molecule has 0 saturated carbocycles. The summed E-state index contributed by atoms with van der Waals surface area (Å²) in [5.74, 6) is -0.254. The molecule has 0 spiro atoms. The van der Waals surface area contributed by atoms with Gasteiger partial charge in [0.05, 0.1) is 0 Å². The average Bonchev–Trinajstić information content (AvgIpc) is 2.45. The van der Waals surface area contributed by atoms with E-state index in [1.54, 1.807) is 6.07 Å². The molecule has 0 atom stereocenters. The van der Waals surface area contributed by atoms with Crippen LogP contribution in [0.2, 0.25) is 0 Å². The minimum absolute atomic E-state index is 0.0397. The molecule has 2 aromatic carbocycles. The monoisotopic (exact) mass is 351 g/mol. The third kappa shape index (κ3) is 3.72. The lowest BCUT2D eigenvalue weighted by Gasteiger charge is -2.22. The first kappa shape index (κ1) is 15.3. The van der Waals surface area contributed by atoms with Gasteiger partial charge in [0.1, 0.15) is 5.82 Å². The second-order valence-corrected chi connectivity index (χ2v) is 5.55. The van der Waals surface area contributed by atoms with Crippen molar-refractivity contribution < 1.29 is 9.60 Å². The Bertz CT molecular complexity index is 655. The number of benzene rings is 2. The second kappa shape index (κ2) is 6.58. The summed E-state index contributed by atoms with van der Waals surface area (Å²) in [5.41, 5.74) is 7.92. The van der Waals surface area contributed by atoms with E-state index < -0.39 is 0 Å². The first-order valence-electron chi connectivity index (χ1n) is 6.24. The molecule has 110 valence electrons. The van der Waals surface area contributed by atoms with Crippen LogP contribution < -0.4 is 10.6 Å². The molecule has 21 heavy (non-hydrogen) atoms. The highest BCUT2D eigenvalue weighted by Crippen LogP contribution is 2.22. The van der Waals surface area contributed by atoms with Crippen LogP contribution in [0.1, 0.15) is 11.1 Å². The molecule has 0 bridgehead atoms. The van der Waals surface area contributed by atoms with Crippen molar-refractivity contribution in [3.8, 4) is 0 Å². The van der Waals surface area contributed by atoms with Crippen LogP contribution in [0.3, 0.4) is 0 Å². The fraction of sp³-hybridized carbons (Fsp3) is 0.133. The van der Waals surface area contributed by atoms with Crippen LogP contribution in [0.5, 0.6) is 0 Å². The molecular weight excluding hydrogens is 337 g/mol. The van der Waals surface area contributed by atoms with Gasteiger partial charge in [-0.05, 0) is 35.9 Å². The van der Waals surface area contributed by atoms with E-state index >= 15 is 0 Å². The number of oxime groups is 1. The summed E-state index contributed by atoms with van der Waals surface area (Å²) in [6.45, 7) is 0.492. The highest BCUT2D eigenvalue weighted by atomic mass is 79.9. The lowest BCUT2D eigenvalue weighted by atomic mass is 10.1. The molecule has 3 N–H and O–H groups in total. The van der Waals surface area contributed by atoms with Crippen molar-refractivity contribution in [3.05, 3.63) is 63.9 Å². The van der Waals surface area contributed by atoms with Crippen LogP contribution in [-0.2, 0) is 6.54 Å². The van der Waals surface area contributed by atoms with Gasteiger partial charge in [-0.15, -0.1) is 0 Å². The third-order valence-electron chi connectivity index (χ3n) is 3.04. The van der Waals surface area contributed by atoms with Gasteiger partial charge in [0.15, 0.2) is 5.84 Å². The van der Waals surface area contributed by atoms with Gasteiger partial charge in [-0.2, -0.15) is 0 Å². The van der Waals surface area contributed by atoms with Gasteiger partial charge >= 0.3 is 0 Å². The van der Waals surface area contributed by atoms with Crippen molar-refractivity contribution in [3.63, 3.8) is 0 Å². The van der Waals surface area contributed by atoms with E-state index in [9.17, 15) is 4.39 Å². The quantitative estimate of drug-likeness (QED) is 0.384. The molecule has 0 aliphatic heterocycles. The zero-order valence-corrected chi connectivity index (χ0v) is 13.0. The number of rotatable bonds is 4. The lowest BCUT2D eigenvalue weighted by Crippen LogP contribution is -2.22. The summed E-state index contributed by atoms with van der Waals surface area (Å²) in [4.78, 5) is 1.91. The highest BCUT2D eigenvalue weighted by Gasteiger charge is 2.11. The van der Waals surface area contributed by atoms with Gasteiger partial charge in [-0.25, -0.2) is 4.39 Å². The number of nitrogens with two attached hydrogens (primary N) is 1. The number of hydrogen-bond donors (Lipinski definition) is 2. The fourth-order valence-electron chi connectivity index (χ4n) is 2.14. The number of hydrogen-bond acceptors (Lipinski definition) is 3. The standard InChI is InChI=1S/C15H15BrFN3O/c1-20(9-10-6-11(16)8-12(17)7-10)14-5-3-2-4-13(14)15(18)19-21/h2-8,21H,9H2,1H3,(H2,18,19). The van der Waals surface area contributed by atoms with E-state index in [1.807, 2.05) is 36.2 Å². The van der Waals surface area contributed by atoms with Crippen LogP contribution in [0.4, 0.5) is 10.1 Å². The molecule has 0 unspecified atom stereocenters. The van der Waals surface area contributed by atoms with E-state index in [2.05, 4.69) is 21.1 Å². The summed E-state index contributed by atoms with van der Waals surface area (Å²) in [6.07, 6.45) is 0. The minimum Gasteiger partial charge on any atom is -0.409 e. The number of anilines is 1. The molecule has 4 nitrogen and oxygen atoms in total. The second-order valence-electron chi connectivity index (χ2n) is 4.64. The Morgan fingerprint density at radius 3 is 2.71 bits per heavy atom. The summed E-state index contributed by atoms with van der Waals surface area (Å²) in [6, 6.07) is 12.0. The van der Waals surface area contributed by atoms with Gasteiger partial charge in [-0.3, -0.25) is 0 Å². The Hall–Kier alpha value is -2.08. The zero-order valence-electron chi connectivity index (χ0n) is 11.4. The summed E-state index contributed by atoms with van der Waals surface area (Å²) < 4.78 is 14.1. The van der Waals surface area contributed by atoms with Crippen LogP contribution in [0.15, 0.2) is 52.1 Å². The van der Waals surface area contributed by atoms with Crippen LogP contribution >= 0.6 is 15.9 Å². The molecule has 0 radical (unpaired) electrons. The normalized spacial score (nSPS) is 11.5. The molecule has 0 heterocycles. The Morgan fingerprint density at radius 1 is 1.33 bits per heavy atom. The molecule has 2 aromatic rings. The Kier molecular flexibility index (Phi) is 4.80.